The minimum Gasteiger partial charge on any atom is -0.0841 e. The van der Waals surface area contributed by atoms with E-state index in [-0.39, 0.29) is 0 Å². The Balaban J connectivity index is 2.89. The highest BCUT2D eigenvalue weighted by atomic mass is 14.1. The van der Waals surface area contributed by atoms with E-state index in [4.69, 9.17) is 0 Å². The number of benzene rings is 1. The molecule has 1 atom stereocenters. The predicted octanol–water partition coefficient (Wildman–Crippen LogP) is 4.62. The van der Waals surface area contributed by atoms with E-state index >= 15 is 0 Å². The predicted molar refractivity (Wildman–Crippen MR) is 64.5 cm³/mol. The second-order valence-corrected chi connectivity index (χ2v) is 3.90. The second kappa shape index (κ2) is 4.99. The Morgan fingerprint density at radius 2 is 1.86 bits per heavy atom. The topological polar surface area (TPSA) is 0 Å². The van der Waals surface area contributed by atoms with Gasteiger partial charge in [0, 0.05) is 0 Å². The highest BCUT2D eigenvalue weighted by molar-refractivity contribution is 5.63. The molecule has 1 aromatic carbocycles. The quantitative estimate of drug-likeness (QED) is 0.649. The van der Waals surface area contributed by atoms with E-state index < -0.39 is 0 Å². The first-order valence-corrected chi connectivity index (χ1v) is 5.42. The molecule has 0 aliphatic rings. The van der Waals surface area contributed by atoms with Gasteiger partial charge in [-0.2, -0.15) is 0 Å². The third-order valence-electron chi connectivity index (χ3n) is 2.98. The summed E-state index contributed by atoms with van der Waals surface area (Å²) < 4.78 is 0. The van der Waals surface area contributed by atoms with Gasteiger partial charge in [0.2, 0.25) is 0 Å². The standard InChI is InChI=1S/C14H20/c1-5-11(3)13-7-9-14(10-8-13)12(4)6-2/h5,7-10,12H,6H2,1-4H3. The van der Waals surface area contributed by atoms with Crippen LogP contribution in [0.25, 0.3) is 5.57 Å². The Labute approximate surface area is 87.7 Å². The molecule has 0 aliphatic carbocycles. The van der Waals surface area contributed by atoms with Gasteiger partial charge < -0.3 is 0 Å². The lowest BCUT2D eigenvalue weighted by Crippen LogP contribution is -1.91. The van der Waals surface area contributed by atoms with Crippen molar-refractivity contribution in [1.82, 2.24) is 0 Å². The third kappa shape index (κ3) is 2.47. The fraction of sp³-hybridized carbons (Fsp3) is 0.429. The Morgan fingerprint density at radius 1 is 1.29 bits per heavy atom. The first kappa shape index (κ1) is 11.0. The summed E-state index contributed by atoms with van der Waals surface area (Å²) in [6.45, 7) is 8.74. The Kier molecular flexibility index (Phi) is 3.94. The monoisotopic (exact) mass is 188 g/mol. The number of hydrogen-bond acceptors (Lipinski definition) is 0. The van der Waals surface area contributed by atoms with Crippen molar-refractivity contribution < 1.29 is 0 Å². The molecule has 1 rings (SSSR count). The normalized spacial score (nSPS) is 14.1. The maximum absolute atomic E-state index is 2.28. The van der Waals surface area contributed by atoms with Crippen LogP contribution in [0.3, 0.4) is 0 Å². The molecule has 0 radical (unpaired) electrons. The van der Waals surface area contributed by atoms with Crippen molar-refractivity contribution >= 4 is 5.57 Å². The molecule has 0 spiro atoms. The van der Waals surface area contributed by atoms with E-state index in [0.29, 0.717) is 5.92 Å². The fourth-order valence-corrected chi connectivity index (χ4v) is 1.48. The molecule has 0 aromatic heterocycles. The first-order valence-electron chi connectivity index (χ1n) is 5.42. The molecule has 0 fully saturated rings. The lowest BCUT2D eigenvalue weighted by atomic mass is 9.96. The maximum atomic E-state index is 2.28. The van der Waals surface area contributed by atoms with Gasteiger partial charge in [0.1, 0.15) is 0 Å². The summed E-state index contributed by atoms with van der Waals surface area (Å²) in [7, 11) is 0. The molecule has 0 bridgehead atoms. The van der Waals surface area contributed by atoms with Crippen molar-refractivity contribution in [3.8, 4) is 0 Å². The Morgan fingerprint density at radius 3 is 2.29 bits per heavy atom. The van der Waals surface area contributed by atoms with Crippen LogP contribution in [-0.2, 0) is 0 Å². The highest BCUT2D eigenvalue weighted by Crippen LogP contribution is 2.21. The first-order chi connectivity index (χ1) is 6.69. The zero-order valence-electron chi connectivity index (χ0n) is 9.67. The van der Waals surface area contributed by atoms with Crippen molar-refractivity contribution in [2.75, 3.05) is 0 Å². The molecule has 1 unspecified atom stereocenters. The number of rotatable bonds is 3. The smallest absolute Gasteiger partial charge is 0.0193 e. The molecular formula is C14H20. The van der Waals surface area contributed by atoms with Crippen LogP contribution in [0, 0.1) is 0 Å². The van der Waals surface area contributed by atoms with Crippen LogP contribution in [0.2, 0.25) is 0 Å². The highest BCUT2D eigenvalue weighted by Gasteiger charge is 2.02. The average molecular weight is 188 g/mol. The van der Waals surface area contributed by atoms with Crippen molar-refractivity contribution in [1.29, 1.82) is 0 Å². The van der Waals surface area contributed by atoms with Crippen LogP contribution >= 0.6 is 0 Å². The van der Waals surface area contributed by atoms with Gasteiger partial charge in [-0.3, -0.25) is 0 Å². The van der Waals surface area contributed by atoms with Crippen molar-refractivity contribution in [2.24, 2.45) is 0 Å². The van der Waals surface area contributed by atoms with Gasteiger partial charge in [-0.15, -0.1) is 0 Å². The van der Waals surface area contributed by atoms with Gasteiger partial charge in [-0.1, -0.05) is 44.2 Å². The third-order valence-corrected chi connectivity index (χ3v) is 2.98. The molecule has 0 nitrogen and oxygen atoms in total. The summed E-state index contributed by atoms with van der Waals surface area (Å²) in [4.78, 5) is 0. The number of hydrogen-bond donors (Lipinski definition) is 0. The molecule has 0 saturated carbocycles. The number of allylic oxidation sites excluding steroid dienone is 2. The zero-order chi connectivity index (χ0) is 10.6. The van der Waals surface area contributed by atoms with Gasteiger partial charge in [0.15, 0.2) is 0 Å². The van der Waals surface area contributed by atoms with Crippen LogP contribution in [0.5, 0.6) is 0 Å². The average Bonchev–Trinajstić information content (AvgIpc) is 2.27. The summed E-state index contributed by atoms with van der Waals surface area (Å²) in [5, 5.41) is 0. The Bertz CT molecular complexity index is 303. The summed E-state index contributed by atoms with van der Waals surface area (Å²) in [6, 6.07) is 8.93. The lowest BCUT2D eigenvalue weighted by Gasteiger charge is -2.09. The summed E-state index contributed by atoms with van der Waals surface area (Å²) in [6.07, 6.45) is 3.36. The largest absolute Gasteiger partial charge is 0.0841 e. The molecule has 0 amide bonds. The van der Waals surface area contributed by atoms with Crippen molar-refractivity contribution in [3.05, 3.63) is 41.5 Å². The van der Waals surface area contributed by atoms with Crippen LogP contribution < -0.4 is 0 Å². The summed E-state index contributed by atoms with van der Waals surface area (Å²) >= 11 is 0. The molecular weight excluding hydrogens is 168 g/mol. The van der Waals surface area contributed by atoms with E-state index in [2.05, 4.69) is 58.0 Å². The minimum absolute atomic E-state index is 0.676. The second-order valence-electron chi connectivity index (χ2n) is 3.90. The van der Waals surface area contributed by atoms with E-state index in [1.165, 1.54) is 23.1 Å². The zero-order valence-corrected chi connectivity index (χ0v) is 9.67. The van der Waals surface area contributed by atoms with E-state index in [9.17, 15) is 0 Å². The van der Waals surface area contributed by atoms with E-state index in [1.54, 1.807) is 0 Å². The van der Waals surface area contributed by atoms with Crippen LogP contribution in [0.15, 0.2) is 30.3 Å². The Hall–Kier alpha value is -1.04. The fourth-order valence-electron chi connectivity index (χ4n) is 1.48. The maximum Gasteiger partial charge on any atom is -0.0193 e. The molecule has 1 aromatic rings. The molecule has 76 valence electrons. The van der Waals surface area contributed by atoms with E-state index in [1.807, 2.05) is 0 Å². The van der Waals surface area contributed by atoms with Gasteiger partial charge in [0.05, 0.1) is 0 Å². The van der Waals surface area contributed by atoms with Crippen LogP contribution in [0.1, 0.15) is 51.2 Å². The van der Waals surface area contributed by atoms with E-state index in [0.717, 1.165) is 0 Å². The summed E-state index contributed by atoms with van der Waals surface area (Å²) in [5.74, 6) is 0.676. The molecule has 0 heteroatoms. The molecule has 0 saturated heterocycles. The van der Waals surface area contributed by atoms with Crippen LogP contribution in [-0.4, -0.2) is 0 Å². The van der Waals surface area contributed by atoms with Crippen LogP contribution in [0.4, 0.5) is 0 Å². The van der Waals surface area contributed by atoms with Gasteiger partial charge >= 0.3 is 0 Å². The molecule has 0 aliphatic heterocycles. The summed E-state index contributed by atoms with van der Waals surface area (Å²) in [5.41, 5.74) is 4.13. The van der Waals surface area contributed by atoms with Crippen molar-refractivity contribution in [2.45, 2.75) is 40.0 Å². The van der Waals surface area contributed by atoms with Gasteiger partial charge in [0.25, 0.3) is 0 Å². The SMILES string of the molecule is CC=C(C)c1ccc(C(C)CC)cc1. The lowest BCUT2D eigenvalue weighted by molar-refractivity contribution is 0.733. The molecule has 0 heterocycles. The van der Waals surface area contributed by atoms with Crippen molar-refractivity contribution in [3.63, 3.8) is 0 Å². The van der Waals surface area contributed by atoms with Gasteiger partial charge in [-0.05, 0) is 42.9 Å². The minimum atomic E-state index is 0.676. The molecule has 14 heavy (non-hydrogen) atoms. The van der Waals surface area contributed by atoms with Gasteiger partial charge in [-0.25, -0.2) is 0 Å². The molecule has 0 N–H and O–H groups in total.